The normalized spacial score (nSPS) is 13.4. The molecular formula is C16H23BrO4. The van der Waals surface area contributed by atoms with Crippen LogP contribution in [0.5, 0.6) is 11.5 Å². The van der Waals surface area contributed by atoms with Crippen LogP contribution < -0.4 is 9.47 Å². The molecule has 1 rings (SSSR count). The zero-order chi connectivity index (χ0) is 15.9. The molecule has 0 saturated carbocycles. The fourth-order valence-corrected chi connectivity index (χ4v) is 2.53. The van der Waals surface area contributed by atoms with Gasteiger partial charge < -0.3 is 14.2 Å². The average Bonchev–Trinajstić information content (AvgIpc) is 2.51. The van der Waals surface area contributed by atoms with Gasteiger partial charge in [0.2, 0.25) is 0 Å². The van der Waals surface area contributed by atoms with Crippen LogP contribution in [0.2, 0.25) is 0 Å². The zero-order valence-electron chi connectivity index (χ0n) is 13.1. The first-order valence-electron chi connectivity index (χ1n) is 6.99. The molecule has 1 atom stereocenters. The standard InChI is InChI=1S/C16H23BrO4/c1-5-21-15(18)16(2,9-6-10-17)12-7-8-13(19-3)14(11-12)20-4/h7-8,11H,5-6,9-10H2,1-4H3. The molecule has 0 radical (unpaired) electrons. The lowest BCUT2D eigenvalue weighted by Crippen LogP contribution is -2.34. The van der Waals surface area contributed by atoms with Gasteiger partial charge in [0.25, 0.3) is 0 Å². The van der Waals surface area contributed by atoms with E-state index in [4.69, 9.17) is 14.2 Å². The van der Waals surface area contributed by atoms with Crippen molar-refractivity contribution in [2.75, 3.05) is 26.2 Å². The number of carbonyl (C=O) groups excluding carboxylic acids is 1. The van der Waals surface area contributed by atoms with E-state index < -0.39 is 5.41 Å². The molecular weight excluding hydrogens is 336 g/mol. The van der Waals surface area contributed by atoms with Gasteiger partial charge in [-0.15, -0.1) is 0 Å². The molecule has 0 bridgehead atoms. The van der Waals surface area contributed by atoms with E-state index in [1.54, 1.807) is 14.2 Å². The predicted molar refractivity (Wildman–Crippen MR) is 86.6 cm³/mol. The maximum absolute atomic E-state index is 12.4. The molecule has 0 aliphatic heterocycles. The van der Waals surface area contributed by atoms with Crippen molar-refractivity contribution in [3.63, 3.8) is 0 Å². The SMILES string of the molecule is CCOC(=O)C(C)(CCCBr)c1ccc(OC)c(OC)c1. The predicted octanol–water partition coefficient (Wildman–Crippen LogP) is 3.70. The second-order valence-electron chi connectivity index (χ2n) is 4.91. The van der Waals surface area contributed by atoms with Gasteiger partial charge in [-0.25, -0.2) is 0 Å². The van der Waals surface area contributed by atoms with Crippen LogP contribution in [-0.2, 0) is 14.9 Å². The highest BCUT2D eigenvalue weighted by molar-refractivity contribution is 9.09. The van der Waals surface area contributed by atoms with Gasteiger partial charge in [0.15, 0.2) is 11.5 Å². The van der Waals surface area contributed by atoms with E-state index in [0.717, 1.165) is 17.3 Å². The minimum atomic E-state index is -0.691. The molecule has 0 amide bonds. The van der Waals surface area contributed by atoms with E-state index in [9.17, 15) is 4.79 Å². The number of ether oxygens (including phenoxy) is 3. The second-order valence-corrected chi connectivity index (χ2v) is 5.71. The van der Waals surface area contributed by atoms with Gasteiger partial charge in [0, 0.05) is 5.33 Å². The molecule has 1 unspecified atom stereocenters. The molecule has 0 saturated heterocycles. The van der Waals surface area contributed by atoms with Crippen LogP contribution in [0.25, 0.3) is 0 Å². The lowest BCUT2D eigenvalue weighted by Gasteiger charge is -2.28. The molecule has 1 aromatic rings. The van der Waals surface area contributed by atoms with Gasteiger partial charge in [-0.2, -0.15) is 0 Å². The molecule has 1 aromatic carbocycles. The first-order valence-corrected chi connectivity index (χ1v) is 8.11. The van der Waals surface area contributed by atoms with Crippen molar-refractivity contribution in [2.24, 2.45) is 0 Å². The van der Waals surface area contributed by atoms with E-state index in [1.807, 2.05) is 32.0 Å². The molecule has 21 heavy (non-hydrogen) atoms. The summed E-state index contributed by atoms with van der Waals surface area (Å²) in [7, 11) is 3.18. The molecule has 0 aliphatic rings. The number of benzene rings is 1. The smallest absolute Gasteiger partial charge is 0.316 e. The van der Waals surface area contributed by atoms with E-state index in [-0.39, 0.29) is 5.97 Å². The first-order chi connectivity index (χ1) is 10.0. The molecule has 0 aliphatic carbocycles. The maximum atomic E-state index is 12.4. The highest BCUT2D eigenvalue weighted by Crippen LogP contribution is 2.36. The number of carbonyl (C=O) groups is 1. The van der Waals surface area contributed by atoms with Gasteiger partial charge in [0.05, 0.1) is 26.2 Å². The van der Waals surface area contributed by atoms with Crippen LogP contribution in [0.4, 0.5) is 0 Å². The average molecular weight is 359 g/mol. The Bertz CT molecular complexity index is 475. The summed E-state index contributed by atoms with van der Waals surface area (Å²) in [6, 6.07) is 5.57. The van der Waals surface area contributed by atoms with Crippen LogP contribution in [0.3, 0.4) is 0 Å². The van der Waals surface area contributed by atoms with Gasteiger partial charge in [-0.1, -0.05) is 22.0 Å². The summed E-state index contributed by atoms with van der Waals surface area (Å²) in [6.07, 6.45) is 1.58. The quantitative estimate of drug-likeness (QED) is 0.525. The van der Waals surface area contributed by atoms with Gasteiger partial charge in [-0.05, 0) is 44.4 Å². The molecule has 0 fully saturated rings. The summed E-state index contributed by atoms with van der Waals surface area (Å²) >= 11 is 3.42. The molecule has 118 valence electrons. The minimum absolute atomic E-state index is 0.210. The van der Waals surface area contributed by atoms with E-state index in [2.05, 4.69) is 15.9 Å². The van der Waals surface area contributed by atoms with E-state index in [0.29, 0.717) is 24.5 Å². The first kappa shape index (κ1) is 17.8. The molecule has 0 spiro atoms. The van der Waals surface area contributed by atoms with Crippen molar-refractivity contribution in [2.45, 2.75) is 32.1 Å². The lowest BCUT2D eigenvalue weighted by atomic mass is 9.78. The minimum Gasteiger partial charge on any atom is -0.493 e. The number of alkyl halides is 1. The van der Waals surface area contributed by atoms with Crippen LogP contribution >= 0.6 is 15.9 Å². The van der Waals surface area contributed by atoms with Gasteiger partial charge >= 0.3 is 5.97 Å². The summed E-state index contributed by atoms with van der Waals surface area (Å²) in [5.41, 5.74) is 0.183. The van der Waals surface area contributed by atoms with E-state index in [1.165, 1.54) is 0 Å². The van der Waals surface area contributed by atoms with Crippen LogP contribution in [-0.4, -0.2) is 32.1 Å². The number of hydrogen-bond donors (Lipinski definition) is 0. The van der Waals surface area contributed by atoms with Crippen molar-refractivity contribution in [3.05, 3.63) is 23.8 Å². The Hall–Kier alpha value is -1.23. The van der Waals surface area contributed by atoms with E-state index >= 15 is 0 Å². The number of esters is 1. The van der Waals surface area contributed by atoms with Crippen molar-refractivity contribution in [3.8, 4) is 11.5 Å². The Morgan fingerprint density at radius 2 is 1.90 bits per heavy atom. The Morgan fingerprint density at radius 3 is 2.43 bits per heavy atom. The highest BCUT2D eigenvalue weighted by Gasteiger charge is 2.36. The fraction of sp³-hybridized carbons (Fsp3) is 0.562. The number of halogens is 1. The van der Waals surface area contributed by atoms with Crippen LogP contribution in [0, 0.1) is 0 Å². The van der Waals surface area contributed by atoms with Crippen LogP contribution in [0.15, 0.2) is 18.2 Å². The Labute approximate surface area is 134 Å². The van der Waals surface area contributed by atoms with Crippen molar-refractivity contribution in [1.82, 2.24) is 0 Å². The van der Waals surface area contributed by atoms with Crippen molar-refractivity contribution in [1.29, 1.82) is 0 Å². The third-order valence-electron chi connectivity index (χ3n) is 3.56. The topological polar surface area (TPSA) is 44.8 Å². The molecule has 0 N–H and O–H groups in total. The molecule has 0 aromatic heterocycles. The largest absolute Gasteiger partial charge is 0.493 e. The Balaban J connectivity index is 3.22. The van der Waals surface area contributed by atoms with Crippen molar-refractivity contribution >= 4 is 21.9 Å². The Morgan fingerprint density at radius 1 is 1.24 bits per heavy atom. The molecule has 0 heterocycles. The van der Waals surface area contributed by atoms with Crippen LogP contribution in [0.1, 0.15) is 32.3 Å². The van der Waals surface area contributed by atoms with Gasteiger partial charge in [-0.3, -0.25) is 4.79 Å². The maximum Gasteiger partial charge on any atom is 0.316 e. The van der Waals surface area contributed by atoms with Gasteiger partial charge in [0.1, 0.15) is 0 Å². The molecule has 5 heteroatoms. The molecule has 4 nitrogen and oxygen atoms in total. The monoisotopic (exact) mass is 358 g/mol. The number of hydrogen-bond acceptors (Lipinski definition) is 4. The Kier molecular flexibility index (Phi) is 7.02. The number of rotatable bonds is 8. The lowest BCUT2D eigenvalue weighted by molar-refractivity contribution is -0.149. The summed E-state index contributed by atoms with van der Waals surface area (Å²) in [4.78, 5) is 12.4. The van der Waals surface area contributed by atoms with Crippen molar-refractivity contribution < 1.29 is 19.0 Å². The highest BCUT2D eigenvalue weighted by atomic mass is 79.9. The number of methoxy groups -OCH3 is 2. The second kappa shape index (κ2) is 8.27. The zero-order valence-corrected chi connectivity index (χ0v) is 14.7. The third kappa shape index (κ3) is 4.13. The summed E-state index contributed by atoms with van der Waals surface area (Å²) in [5, 5.41) is 0.843. The third-order valence-corrected chi connectivity index (χ3v) is 4.12. The fourth-order valence-electron chi connectivity index (χ4n) is 2.25. The summed E-state index contributed by atoms with van der Waals surface area (Å²) in [6.45, 7) is 4.10. The summed E-state index contributed by atoms with van der Waals surface area (Å²) < 4.78 is 15.8. The summed E-state index contributed by atoms with van der Waals surface area (Å²) in [5.74, 6) is 1.05.